The van der Waals surface area contributed by atoms with Crippen molar-refractivity contribution in [3.8, 4) is 0 Å². The van der Waals surface area contributed by atoms with Gasteiger partial charge in [-0.1, -0.05) is 30.3 Å². The van der Waals surface area contributed by atoms with Crippen LogP contribution >= 0.6 is 11.8 Å². The van der Waals surface area contributed by atoms with E-state index in [4.69, 9.17) is 4.74 Å². The lowest BCUT2D eigenvalue weighted by Gasteiger charge is -2.39. The Kier molecular flexibility index (Phi) is 6.17. The summed E-state index contributed by atoms with van der Waals surface area (Å²) in [6, 6.07) is 11.0. The second-order valence-electron chi connectivity index (χ2n) is 4.99. The maximum absolute atomic E-state index is 9.28. The Labute approximate surface area is 120 Å². The highest BCUT2D eigenvalue weighted by molar-refractivity contribution is 7.98. The minimum Gasteiger partial charge on any atom is -0.394 e. The first-order valence-electron chi connectivity index (χ1n) is 6.83. The number of aliphatic hydroxyl groups is 1. The van der Waals surface area contributed by atoms with Crippen LogP contribution in [0.25, 0.3) is 0 Å². The molecule has 0 spiro atoms. The third-order valence-corrected chi connectivity index (χ3v) is 4.21. The van der Waals surface area contributed by atoms with Crippen LogP contribution in [0.5, 0.6) is 0 Å². The number of nitrogens with zero attached hydrogens (tertiary/aromatic N) is 1. The molecule has 1 fully saturated rings. The van der Waals surface area contributed by atoms with E-state index in [0.717, 1.165) is 31.9 Å². The van der Waals surface area contributed by atoms with Gasteiger partial charge in [-0.2, -0.15) is 11.8 Å². The SMILES string of the molecule is CSCCC1COC(CO)CN1Cc1ccccc1. The van der Waals surface area contributed by atoms with Crippen molar-refractivity contribution in [2.24, 2.45) is 0 Å². The molecule has 1 saturated heterocycles. The van der Waals surface area contributed by atoms with E-state index >= 15 is 0 Å². The molecule has 1 heterocycles. The predicted octanol–water partition coefficient (Wildman–Crippen LogP) is 2.00. The molecule has 1 aliphatic heterocycles. The molecule has 0 bridgehead atoms. The van der Waals surface area contributed by atoms with Gasteiger partial charge in [0.1, 0.15) is 0 Å². The lowest BCUT2D eigenvalue weighted by Crippen LogP contribution is -2.50. The molecule has 106 valence electrons. The van der Waals surface area contributed by atoms with Crippen molar-refractivity contribution in [3.63, 3.8) is 0 Å². The molecule has 3 nitrogen and oxygen atoms in total. The third-order valence-electron chi connectivity index (χ3n) is 3.57. The second-order valence-corrected chi connectivity index (χ2v) is 5.97. The van der Waals surface area contributed by atoms with E-state index in [1.54, 1.807) is 0 Å². The van der Waals surface area contributed by atoms with Crippen LogP contribution in [0.15, 0.2) is 30.3 Å². The zero-order chi connectivity index (χ0) is 13.5. The summed E-state index contributed by atoms with van der Waals surface area (Å²) in [5.74, 6) is 1.16. The van der Waals surface area contributed by atoms with Crippen LogP contribution in [0, 0.1) is 0 Å². The Bertz CT molecular complexity index is 360. The van der Waals surface area contributed by atoms with Gasteiger partial charge in [-0.25, -0.2) is 0 Å². The van der Waals surface area contributed by atoms with E-state index in [9.17, 15) is 5.11 Å². The maximum atomic E-state index is 9.28. The molecular weight excluding hydrogens is 258 g/mol. The summed E-state index contributed by atoms with van der Waals surface area (Å²) in [6.07, 6.45) is 3.25. The number of aliphatic hydroxyl groups excluding tert-OH is 1. The van der Waals surface area contributed by atoms with E-state index in [2.05, 4.69) is 35.4 Å². The molecule has 0 aromatic heterocycles. The van der Waals surface area contributed by atoms with E-state index < -0.39 is 0 Å². The largest absolute Gasteiger partial charge is 0.394 e. The van der Waals surface area contributed by atoms with Gasteiger partial charge >= 0.3 is 0 Å². The van der Waals surface area contributed by atoms with Crippen molar-refractivity contribution in [2.45, 2.75) is 25.1 Å². The Balaban J connectivity index is 1.98. The summed E-state index contributed by atoms with van der Waals surface area (Å²) < 4.78 is 5.70. The number of morpholine rings is 1. The molecule has 2 unspecified atom stereocenters. The standard InChI is InChI=1S/C15H23NO2S/c1-19-8-7-14-12-18-15(11-17)10-16(14)9-13-5-3-2-4-6-13/h2-6,14-15,17H,7-12H2,1H3. The summed E-state index contributed by atoms with van der Waals surface area (Å²) >= 11 is 1.88. The number of benzene rings is 1. The zero-order valence-electron chi connectivity index (χ0n) is 11.5. The van der Waals surface area contributed by atoms with E-state index in [-0.39, 0.29) is 12.7 Å². The Morgan fingerprint density at radius 2 is 2.16 bits per heavy atom. The van der Waals surface area contributed by atoms with E-state index in [1.165, 1.54) is 5.56 Å². The van der Waals surface area contributed by atoms with Crippen molar-refractivity contribution in [1.82, 2.24) is 4.90 Å². The molecular formula is C15H23NO2S. The van der Waals surface area contributed by atoms with Crippen molar-refractivity contribution in [1.29, 1.82) is 0 Å². The van der Waals surface area contributed by atoms with Crippen molar-refractivity contribution < 1.29 is 9.84 Å². The smallest absolute Gasteiger partial charge is 0.0933 e. The minimum absolute atomic E-state index is 0.0331. The van der Waals surface area contributed by atoms with Gasteiger partial charge in [0.2, 0.25) is 0 Å². The first kappa shape index (κ1) is 14.9. The van der Waals surface area contributed by atoms with Crippen molar-refractivity contribution in [3.05, 3.63) is 35.9 Å². The third kappa shape index (κ3) is 4.49. The van der Waals surface area contributed by atoms with Crippen LogP contribution < -0.4 is 0 Å². The summed E-state index contributed by atoms with van der Waals surface area (Å²) in [4.78, 5) is 2.45. The number of ether oxygens (including phenoxy) is 1. The summed E-state index contributed by atoms with van der Waals surface area (Å²) in [5.41, 5.74) is 1.33. The van der Waals surface area contributed by atoms with Crippen molar-refractivity contribution >= 4 is 11.8 Å². The summed E-state index contributed by atoms with van der Waals surface area (Å²) in [5, 5.41) is 9.28. The average molecular weight is 281 g/mol. The number of hydrogen-bond donors (Lipinski definition) is 1. The van der Waals surface area contributed by atoms with Gasteiger partial charge in [-0.05, 0) is 24.0 Å². The maximum Gasteiger partial charge on any atom is 0.0933 e. The predicted molar refractivity (Wildman–Crippen MR) is 80.5 cm³/mol. The van der Waals surface area contributed by atoms with Gasteiger partial charge in [-0.3, -0.25) is 4.90 Å². The fourth-order valence-corrected chi connectivity index (χ4v) is 2.97. The quantitative estimate of drug-likeness (QED) is 0.864. The minimum atomic E-state index is -0.0331. The zero-order valence-corrected chi connectivity index (χ0v) is 12.3. The molecule has 2 atom stereocenters. The summed E-state index contributed by atoms with van der Waals surface area (Å²) in [6.45, 7) is 2.61. The molecule has 0 saturated carbocycles. The van der Waals surface area contributed by atoms with Gasteiger partial charge in [0.05, 0.1) is 19.3 Å². The topological polar surface area (TPSA) is 32.7 Å². The van der Waals surface area contributed by atoms with Crippen LogP contribution in [-0.2, 0) is 11.3 Å². The molecule has 1 aromatic carbocycles. The fraction of sp³-hybridized carbons (Fsp3) is 0.600. The second kappa shape index (κ2) is 7.90. The molecule has 4 heteroatoms. The Hall–Kier alpha value is -0.550. The van der Waals surface area contributed by atoms with Crippen LogP contribution in [0.2, 0.25) is 0 Å². The highest BCUT2D eigenvalue weighted by atomic mass is 32.2. The fourth-order valence-electron chi connectivity index (χ4n) is 2.46. The Morgan fingerprint density at radius 1 is 1.37 bits per heavy atom. The molecule has 1 aromatic rings. The monoisotopic (exact) mass is 281 g/mol. The molecule has 1 N–H and O–H groups in total. The number of thioether (sulfide) groups is 1. The van der Waals surface area contributed by atoms with Gasteiger partial charge < -0.3 is 9.84 Å². The van der Waals surface area contributed by atoms with Crippen LogP contribution in [0.1, 0.15) is 12.0 Å². The molecule has 0 aliphatic carbocycles. The number of rotatable bonds is 6. The van der Waals surface area contributed by atoms with E-state index in [1.807, 2.05) is 17.8 Å². The lowest BCUT2D eigenvalue weighted by molar-refractivity contribution is -0.0855. The molecule has 0 radical (unpaired) electrons. The van der Waals surface area contributed by atoms with Gasteiger partial charge in [0.15, 0.2) is 0 Å². The Morgan fingerprint density at radius 3 is 2.84 bits per heavy atom. The highest BCUT2D eigenvalue weighted by Gasteiger charge is 2.28. The van der Waals surface area contributed by atoms with Crippen LogP contribution in [-0.4, -0.2) is 53.9 Å². The van der Waals surface area contributed by atoms with Gasteiger partial charge in [0, 0.05) is 19.1 Å². The van der Waals surface area contributed by atoms with Crippen LogP contribution in [0.4, 0.5) is 0 Å². The van der Waals surface area contributed by atoms with Gasteiger partial charge in [0.25, 0.3) is 0 Å². The van der Waals surface area contributed by atoms with Crippen molar-refractivity contribution in [2.75, 3.05) is 31.8 Å². The average Bonchev–Trinajstić information content (AvgIpc) is 2.47. The highest BCUT2D eigenvalue weighted by Crippen LogP contribution is 2.19. The normalized spacial score (nSPS) is 24.5. The summed E-state index contributed by atoms with van der Waals surface area (Å²) in [7, 11) is 0. The van der Waals surface area contributed by atoms with Gasteiger partial charge in [-0.15, -0.1) is 0 Å². The lowest BCUT2D eigenvalue weighted by atomic mass is 10.1. The molecule has 0 amide bonds. The molecule has 2 rings (SSSR count). The molecule has 19 heavy (non-hydrogen) atoms. The number of hydrogen-bond acceptors (Lipinski definition) is 4. The first-order valence-corrected chi connectivity index (χ1v) is 8.22. The first-order chi connectivity index (χ1) is 9.33. The molecule has 1 aliphatic rings. The van der Waals surface area contributed by atoms with E-state index in [0.29, 0.717) is 6.04 Å². The van der Waals surface area contributed by atoms with Crippen LogP contribution in [0.3, 0.4) is 0 Å².